The average molecular weight is 304 g/mol. The molecule has 0 aliphatic carbocycles. The van der Waals surface area contributed by atoms with Crippen LogP contribution in [0.5, 0.6) is 0 Å². The Morgan fingerprint density at radius 1 is 1.36 bits per heavy atom. The maximum Gasteiger partial charge on any atom is 0.335 e. The molecular weight excluding hydrogens is 280 g/mol. The van der Waals surface area contributed by atoms with Crippen LogP contribution in [0.15, 0.2) is 12.1 Å². The van der Waals surface area contributed by atoms with E-state index >= 15 is 0 Å². The minimum absolute atomic E-state index is 0.0603. The van der Waals surface area contributed by atoms with Crippen molar-refractivity contribution in [1.82, 2.24) is 4.57 Å². The summed E-state index contributed by atoms with van der Waals surface area (Å²) in [7, 11) is 0. The van der Waals surface area contributed by atoms with E-state index in [2.05, 4.69) is 4.57 Å². The Bertz CT molecular complexity index is 689. The lowest BCUT2D eigenvalue weighted by molar-refractivity contribution is 0.0697. The number of carbonyl (C=O) groups is 1. The molecule has 0 fully saturated rings. The summed E-state index contributed by atoms with van der Waals surface area (Å²) >= 11 is 0. The number of aromatic nitrogens is 1. The molecule has 0 aliphatic heterocycles. The molecule has 0 atom stereocenters. The molecule has 0 saturated heterocycles. The summed E-state index contributed by atoms with van der Waals surface area (Å²) in [5.74, 6) is -0.908. The van der Waals surface area contributed by atoms with E-state index in [1.807, 2.05) is 13.8 Å². The van der Waals surface area contributed by atoms with Crippen LogP contribution >= 0.6 is 0 Å². The zero-order chi connectivity index (χ0) is 16.3. The maximum absolute atomic E-state index is 11.4. The molecule has 0 unspecified atom stereocenters. The average Bonchev–Trinajstić information content (AvgIpc) is 2.77. The molecule has 1 aromatic heterocycles. The molecular formula is C17H24N2O3. The van der Waals surface area contributed by atoms with Gasteiger partial charge in [0.05, 0.1) is 17.7 Å². The lowest BCUT2D eigenvalue weighted by Gasteiger charge is -2.10. The zero-order valence-corrected chi connectivity index (χ0v) is 13.2. The van der Waals surface area contributed by atoms with Gasteiger partial charge >= 0.3 is 5.97 Å². The van der Waals surface area contributed by atoms with Crippen LogP contribution in [0, 0.1) is 6.92 Å². The first-order valence-corrected chi connectivity index (χ1v) is 7.73. The van der Waals surface area contributed by atoms with Crippen LogP contribution in [0.25, 0.3) is 10.9 Å². The number of aromatic carboxylic acids is 1. The number of aryl methyl sites for hydroxylation is 2. The maximum atomic E-state index is 11.4. The summed E-state index contributed by atoms with van der Waals surface area (Å²) in [6.45, 7) is 5.23. The number of carboxylic acid groups (broad SMARTS) is 1. The van der Waals surface area contributed by atoms with Crippen molar-refractivity contribution < 1.29 is 15.0 Å². The van der Waals surface area contributed by atoms with Crippen molar-refractivity contribution in [2.75, 3.05) is 13.2 Å². The highest BCUT2D eigenvalue weighted by Crippen LogP contribution is 2.31. The van der Waals surface area contributed by atoms with Crippen molar-refractivity contribution in [3.05, 3.63) is 34.5 Å². The fraction of sp³-hybridized carbons (Fsp3) is 0.471. The van der Waals surface area contributed by atoms with Crippen molar-refractivity contribution in [2.24, 2.45) is 5.73 Å². The van der Waals surface area contributed by atoms with Crippen molar-refractivity contribution in [2.45, 2.75) is 39.7 Å². The van der Waals surface area contributed by atoms with Crippen LogP contribution < -0.4 is 5.73 Å². The third-order valence-electron chi connectivity index (χ3n) is 4.21. The van der Waals surface area contributed by atoms with Gasteiger partial charge in [-0.05, 0) is 56.0 Å². The van der Waals surface area contributed by atoms with E-state index in [0.717, 1.165) is 47.0 Å². The molecule has 1 aromatic carbocycles. The van der Waals surface area contributed by atoms with Gasteiger partial charge in [-0.25, -0.2) is 4.79 Å². The van der Waals surface area contributed by atoms with Crippen LogP contribution in [0.2, 0.25) is 0 Å². The van der Waals surface area contributed by atoms with Crippen LogP contribution in [-0.4, -0.2) is 33.9 Å². The quantitative estimate of drug-likeness (QED) is 0.731. The molecule has 22 heavy (non-hydrogen) atoms. The first-order chi connectivity index (χ1) is 10.5. The van der Waals surface area contributed by atoms with E-state index in [1.165, 1.54) is 0 Å². The van der Waals surface area contributed by atoms with Crippen LogP contribution in [0.1, 0.15) is 40.5 Å². The monoisotopic (exact) mass is 304 g/mol. The summed E-state index contributed by atoms with van der Waals surface area (Å²) in [5.41, 5.74) is 10.2. The number of aliphatic hydroxyl groups is 1. The largest absolute Gasteiger partial charge is 0.478 e. The molecule has 5 heteroatoms. The van der Waals surface area contributed by atoms with Gasteiger partial charge in [0.1, 0.15) is 0 Å². The Hall–Kier alpha value is -1.85. The molecule has 0 bridgehead atoms. The van der Waals surface area contributed by atoms with Crippen molar-refractivity contribution in [3.8, 4) is 0 Å². The van der Waals surface area contributed by atoms with E-state index in [-0.39, 0.29) is 6.61 Å². The van der Waals surface area contributed by atoms with E-state index in [0.29, 0.717) is 18.7 Å². The fourth-order valence-electron chi connectivity index (χ4n) is 3.14. The van der Waals surface area contributed by atoms with Crippen LogP contribution in [-0.2, 0) is 19.4 Å². The normalized spacial score (nSPS) is 11.3. The third kappa shape index (κ3) is 2.87. The molecule has 1 heterocycles. The minimum Gasteiger partial charge on any atom is -0.478 e. The van der Waals surface area contributed by atoms with Gasteiger partial charge in [-0.2, -0.15) is 0 Å². The summed E-state index contributed by atoms with van der Waals surface area (Å²) in [5, 5.41) is 19.7. The molecule has 120 valence electrons. The second-order valence-electron chi connectivity index (χ2n) is 5.52. The van der Waals surface area contributed by atoms with E-state index in [9.17, 15) is 15.0 Å². The topological polar surface area (TPSA) is 88.5 Å². The lowest BCUT2D eigenvalue weighted by Crippen LogP contribution is -2.06. The fourth-order valence-corrected chi connectivity index (χ4v) is 3.14. The highest BCUT2D eigenvalue weighted by molar-refractivity contribution is 5.97. The second-order valence-corrected chi connectivity index (χ2v) is 5.52. The van der Waals surface area contributed by atoms with Gasteiger partial charge in [0.25, 0.3) is 0 Å². The summed E-state index contributed by atoms with van der Waals surface area (Å²) in [4.78, 5) is 11.4. The van der Waals surface area contributed by atoms with Gasteiger partial charge in [0.2, 0.25) is 0 Å². The van der Waals surface area contributed by atoms with Gasteiger partial charge in [-0.1, -0.05) is 6.92 Å². The molecule has 0 amide bonds. The van der Waals surface area contributed by atoms with Gasteiger partial charge < -0.3 is 20.5 Å². The SMILES string of the molecule is CCc1cc(C(=O)O)cc2c(CCCN)c(C)n(CCO)c12. The predicted octanol–water partition coefficient (Wildman–Crippen LogP) is 2.09. The van der Waals surface area contributed by atoms with Crippen molar-refractivity contribution in [3.63, 3.8) is 0 Å². The Morgan fingerprint density at radius 2 is 2.09 bits per heavy atom. The number of aliphatic hydroxyl groups excluding tert-OH is 1. The number of nitrogens with zero attached hydrogens (tertiary/aromatic N) is 1. The number of rotatable bonds is 7. The molecule has 0 aliphatic rings. The smallest absolute Gasteiger partial charge is 0.335 e. The molecule has 0 radical (unpaired) electrons. The predicted molar refractivity (Wildman–Crippen MR) is 87.5 cm³/mol. The number of carboxylic acids is 1. The van der Waals surface area contributed by atoms with Crippen molar-refractivity contribution >= 4 is 16.9 Å². The molecule has 4 N–H and O–H groups in total. The molecule has 2 aromatic rings. The van der Waals surface area contributed by atoms with Crippen molar-refractivity contribution in [1.29, 1.82) is 0 Å². The van der Waals surface area contributed by atoms with E-state index in [1.54, 1.807) is 12.1 Å². The van der Waals surface area contributed by atoms with Gasteiger partial charge in [0.15, 0.2) is 0 Å². The lowest BCUT2D eigenvalue weighted by atomic mass is 10.00. The number of hydrogen-bond donors (Lipinski definition) is 3. The van der Waals surface area contributed by atoms with Crippen LogP contribution in [0.3, 0.4) is 0 Å². The van der Waals surface area contributed by atoms with E-state index in [4.69, 9.17) is 5.73 Å². The zero-order valence-electron chi connectivity index (χ0n) is 13.2. The Morgan fingerprint density at radius 3 is 2.64 bits per heavy atom. The molecule has 0 saturated carbocycles. The van der Waals surface area contributed by atoms with E-state index < -0.39 is 5.97 Å². The molecule has 2 rings (SSSR count). The molecule has 0 spiro atoms. The minimum atomic E-state index is -0.908. The Labute approximate surface area is 130 Å². The number of benzene rings is 1. The number of hydrogen-bond acceptors (Lipinski definition) is 3. The highest BCUT2D eigenvalue weighted by Gasteiger charge is 2.18. The van der Waals surface area contributed by atoms with Gasteiger partial charge in [0, 0.05) is 17.6 Å². The number of nitrogens with two attached hydrogens (primary N) is 1. The second kappa shape index (κ2) is 6.94. The first kappa shape index (κ1) is 16.5. The summed E-state index contributed by atoms with van der Waals surface area (Å²) < 4.78 is 2.10. The first-order valence-electron chi connectivity index (χ1n) is 7.73. The molecule has 5 nitrogen and oxygen atoms in total. The standard InChI is InChI=1S/C17H24N2O3/c1-3-12-9-13(17(21)22)10-15-14(5-4-6-18)11(2)19(7-8-20)16(12)15/h9-10,20H,3-8,18H2,1-2H3,(H,21,22). The number of fused-ring (bicyclic) bond motifs is 1. The van der Waals surface area contributed by atoms with Gasteiger partial charge in [-0.3, -0.25) is 0 Å². The highest BCUT2D eigenvalue weighted by atomic mass is 16.4. The Balaban J connectivity index is 2.78. The summed E-state index contributed by atoms with van der Waals surface area (Å²) in [6.07, 6.45) is 2.43. The summed E-state index contributed by atoms with van der Waals surface area (Å²) in [6, 6.07) is 3.49. The van der Waals surface area contributed by atoms with Crippen LogP contribution in [0.4, 0.5) is 0 Å². The van der Waals surface area contributed by atoms with Gasteiger partial charge in [-0.15, -0.1) is 0 Å². The Kier molecular flexibility index (Phi) is 5.21. The third-order valence-corrected chi connectivity index (χ3v) is 4.21.